The molecule has 0 amide bonds. The molecule has 0 aromatic heterocycles. The molecular formula is C13H16ClN3O2S. The van der Waals surface area contributed by atoms with Crippen LogP contribution in [0.15, 0.2) is 23.1 Å². The summed E-state index contributed by atoms with van der Waals surface area (Å²) in [4.78, 5) is 0.0549. The maximum Gasteiger partial charge on any atom is 0.240 e. The molecule has 1 fully saturated rings. The van der Waals surface area contributed by atoms with Crippen LogP contribution in [0.25, 0.3) is 0 Å². The molecule has 0 heterocycles. The summed E-state index contributed by atoms with van der Waals surface area (Å²) >= 11 is 5.87. The van der Waals surface area contributed by atoms with E-state index in [0.717, 1.165) is 25.7 Å². The molecule has 1 aliphatic carbocycles. The molecule has 0 bridgehead atoms. The Balaban J connectivity index is 2.22. The fourth-order valence-corrected chi connectivity index (χ4v) is 3.96. The van der Waals surface area contributed by atoms with E-state index in [-0.39, 0.29) is 27.6 Å². The van der Waals surface area contributed by atoms with Gasteiger partial charge in [-0.05, 0) is 31.0 Å². The van der Waals surface area contributed by atoms with Gasteiger partial charge in [-0.3, -0.25) is 0 Å². The summed E-state index contributed by atoms with van der Waals surface area (Å²) in [6, 6.07) is 5.55. The van der Waals surface area contributed by atoms with Crippen molar-refractivity contribution in [2.45, 2.75) is 42.7 Å². The molecule has 2 rings (SSSR count). The normalized spacial score (nSPS) is 23.2. The number of halogens is 1. The lowest BCUT2D eigenvalue weighted by molar-refractivity contribution is 0.361. The van der Waals surface area contributed by atoms with Crippen molar-refractivity contribution in [1.82, 2.24) is 4.72 Å². The number of nitriles is 1. The number of hydrogen-bond donors (Lipinski definition) is 2. The first-order valence-electron chi connectivity index (χ1n) is 6.41. The van der Waals surface area contributed by atoms with Crippen LogP contribution in [0.1, 0.15) is 31.2 Å². The van der Waals surface area contributed by atoms with Crippen LogP contribution < -0.4 is 10.5 Å². The predicted molar refractivity (Wildman–Crippen MR) is 76.7 cm³/mol. The zero-order chi connectivity index (χ0) is 14.8. The highest BCUT2D eigenvalue weighted by Gasteiger charge is 2.27. The Hall–Kier alpha value is -1.13. The molecule has 1 aromatic carbocycles. The van der Waals surface area contributed by atoms with Crippen molar-refractivity contribution < 1.29 is 8.42 Å². The summed E-state index contributed by atoms with van der Waals surface area (Å²) < 4.78 is 27.2. The van der Waals surface area contributed by atoms with Crippen molar-refractivity contribution in [2.75, 3.05) is 0 Å². The lowest BCUT2D eigenvalue weighted by atomic mass is 9.92. The minimum absolute atomic E-state index is 0.0549. The highest BCUT2D eigenvalue weighted by atomic mass is 35.5. The number of nitrogens with zero attached hydrogens (tertiary/aromatic N) is 1. The van der Waals surface area contributed by atoms with Gasteiger partial charge in [-0.15, -0.1) is 0 Å². The van der Waals surface area contributed by atoms with Crippen LogP contribution in [0.2, 0.25) is 5.02 Å². The molecule has 5 nitrogen and oxygen atoms in total. The Morgan fingerprint density at radius 2 is 2.05 bits per heavy atom. The van der Waals surface area contributed by atoms with Crippen molar-refractivity contribution >= 4 is 21.6 Å². The molecule has 0 radical (unpaired) electrons. The Kier molecular flexibility index (Phi) is 4.66. The van der Waals surface area contributed by atoms with E-state index in [4.69, 9.17) is 22.6 Å². The van der Waals surface area contributed by atoms with E-state index in [1.54, 1.807) is 0 Å². The van der Waals surface area contributed by atoms with Crippen LogP contribution in [0.5, 0.6) is 0 Å². The molecule has 2 atom stereocenters. The summed E-state index contributed by atoms with van der Waals surface area (Å²) in [5, 5.41) is 8.92. The van der Waals surface area contributed by atoms with Gasteiger partial charge in [0, 0.05) is 12.1 Å². The minimum Gasteiger partial charge on any atom is -0.326 e. The third kappa shape index (κ3) is 3.30. The Morgan fingerprint density at radius 3 is 2.65 bits per heavy atom. The quantitative estimate of drug-likeness (QED) is 0.888. The highest BCUT2D eigenvalue weighted by molar-refractivity contribution is 7.89. The molecule has 1 saturated carbocycles. The molecule has 1 aromatic rings. The van der Waals surface area contributed by atoms with Gasteiger partial charge in [-0.2, -0.15) is 5.26 Å². The van der Waals surface area contributed by atoms with Crippen molar-refractivity contribution in [3.8, 4) is 6.07 Å². The Labute approximate surface area is 123 Å². The largest absolute Gasteiger partial charge is 0.326 e. The summed E-state index contributed by atoms with van der Waals surface area (Å²) in [6.07, 6.45) is 3.56. The average Bonchev–Trinajstić information content (AvgIpc) is 2.41. The zero-order valence-corrected chi connectivity index (χ0v) is 12.4. The van der Waals surface area contributed by atoms with Crippen molar-refractivity contribution in [1.29, 1.82) is 5.26 Å². The van der Waals surface area contributed by atoms with Gasteiger partial charge in [0.25, 0.3) is 0 Å². The molecule has 0 aliphatic heterocycles. The van der Waals surface area contributed by atoms with E-state index < -0.39 is 10.0 Å². The summed E-state index contributed by atoms with van der Waals surface area (Å²) in [5.74, 6) is 0. The van der Waals surface area contributed by atoms with E-state index in [9.17, 15) is 8.42 Å². The van der Waals surface area contributed by atoms with Gasteiger partial charge in [0.15, 0.2) is 0 Å². The molecule has 20 heavy (non-hydrogen) atoms. The van der Waals surface area contributed by atoms with Crippen molar-refractivity contribution in [2.24, 2.45) is 5.73 Å². The third-order valence-electron chi connectivity index (χ3n) is 3.50. The average molecular weight is 314 g/mol. The number of sulfonamides is 1. The second kappa shape index (κ2) is 6.10. The third-order valence-corrected chi connectivity index (χ3v) is 5.30. The van der Waals surface area contributed by atoms with Gasteiger partial charge in [-0.1, -0.05) is 24.4 Å². The molecule has 0 saturated heterocycles. The first-order valence-corrected chi connectivity index (χ1v) is 8.28. The van der Waals surface area contributed by atoms with Crippen LogP contribution in [-0.2, 0) is 10.0 Å². The van der Waals surface area contributed by atoms with Gasteiger partial charge < -0.3 is 5.73 Å². The molecule has 7 heteroatoms. The van der Waals surface area contributed by atoms with Crippen LogP contribution in [0.3, 0.4) is 0 Å². The molecule has 0 spiro atoms. The standard InChI is InChI=1S/C13H16ClN3O2S/c14-11-7-10(6-5-9(11)8-15)20(18,19)17-13-4-2-1-3-12(13)16/h5-7,12-13,17H,1-4,16H2/t12-,13-/m1/s1. The van der Waals surface area contributed by atoms with Crippen LogP contribution in [0.4, 0.5) is 0 Å². The van der Waals surface area contributed by atoms with Crippen molar-refractivity contribution in [3.63, 3.8) is 0 Å². The maximum absolute atomic E-state index is 12.3. The molecule has 0 unspecified atom stereocenters. The number of hydrogen-bond acceptors (Lipinski definition) is 4. The smallest absolute Gasteiger partial charge is 0.240 e. The number of nitrogens with two attached hydrogens (primary N) is 1. The van der Waals surface area contributed by atoms with Crippen molar-refractivity contribution in [3.05, 3.63) is 28.8 Å². The fourth-order valence-electron chi connectivity index (χ4n) is 2.33. The molecular weight excluding hydrogens is 298 g/mol. The van der Waals surface area contributed by atoms with Crippen LogP contribution in [-0.4, -0.2) is 20.5 Å². The van der Waals surface area contributed by atoms with Gasteiger partial charge in [0.2, 0.25) is 10.0 Å². The van der Waals surface area contributed by atoms with Gasteiger partial charge in [-0.25, -0.2) is 13.1 Å². The van der Waals surface area contributed by atoms with E-state index >= 15 is 0 Å². The van der Waals surface area contributed by atoms with E-state index in [1.165, 1.54) is 18.2 Å². The summed E-state index contributed by atoms with van der Waals surface area (Å²) in [5.41, 5.74) is 6.19. The monoisotopic (exact) mass is 313 g/mol. The lowest BCUT2D eigenvalue weighted by Crippen LogP contribution is -2.49. The highest BCUT2D eigenvalue weighted by Crippen LogP contribution is 2.22. The predicted octanol–water partition coefficient (Wildman–Crippen LogP) is 1.76. The Bertz CT molecular complexity index is 640. The van der Waals surface area contributed by atoms with Crippen LogP contribution >= 0.6 is 11.6 Å². The zero-order valence-electron chi connectivity index (χ0n) is 10.8. The minimum atomic E-state index is -3.66. The lowest BCUT2D eigenvalue weighted by Gasteiger charge is -2.29. The van der Waals surface area contributed by atoms with E-state index in [1.807, 2.05) is 6.07 Å². The number of rotatable bonds is 3. The second-order valence-corrected chi connectivity index (χ2v) is 7.05. The fraction of sp³-hybridized carbons (Fsp3) is 0.462. The SMILES string of the molecule is N#Cc1ccc(S(=O)(=O)N[C@@H]2CCCC[C@H]2N)cc1Cl. The van der Waals surface area contributed by atoms with Crippen LogP contribution in [0, 0.1) is 11.3 Å². The molecule has 108 valence electrons. The van der Waals surface area contributed by atoms with Gasteiger partial charge in [0.05, 0.1) is 15.5 Å². The van der Waals surface area contributed by atoms with Gasteiger partial charge >= 0.3 is 0 Å². The van der Waals surface area contributed by atoms with Gasteiger partial charge in [0.1, 0.15) is 6.07 Å². The number of benzene rings is 1. The van der Waals surface area contributed by atoms with E-state index in [2.05, 4.69) is 4.72 Å². The summed E-state index contributed by atoms with van der Waals surface area (Å²) in [6.45, 7) is 0. The summed E-state index contributed by atoms with van der Waals surface area (Å²) in [7, 11) is -3.66. The molecule has 1 aliphatic rings. The number of nitrogens with one attached hydrogen (secondary N) is 1. The first-order chi connectivity index (χ1) is 9.44. The molecule has 3 N–H and O–H groups in total. The topological polar surface area (TPSA) is 96.0 Å². The second-order valence-electron chi connectivity index (χ2n) is 4.93. The maximum atomic E-state index is 12.3. The first kappa shape index (κ1) is 15.3. The Morgan fingerprint density at radius 1 is 1.35 bits per heavy atom. The van der Waals surface area contributed by atoms with E-state index in [0.29, 0.717) is 0 Å².